The van der Waals surface area contributed by atoms with E-state index < -0.39 is 18.3 Å². The minimum Gasteiger partial charge on any atom is -0.456 e. The van der Waals surface area contributed by atoms with Crippen molar-refractivity contribution in [1.29, 1.82) is 0 Å². The van der Waals surface area contributed by atoms with Crippen LogP contribution < -0.4 is 5.46 Å². The smallest absolute Gasteiger partial charge is 0.456 e. The Labute approximate surface area is 647 Å². The lowest BCUT2D eigenvalue weighted by Gasteiger charge is -2.32. The van der Waals surface area contributed by atoms with Gasteiger partial charge in [0, 0.05) is 115 Å². The second-order valence-electron chi connectivity index (χ2n) is 29.1. The van der Waals surface area contributed by atoms with Crippen molar-refractivity contribution in [3.63, 3.8) is 0 Å². The number of hydrogen-bond acceptors (Lipinski definition) is 14. The molecule has 0 amide bonds. The van der Waals surface area contributed by atoms with Crippen molar-refractivity contribution in [2.75, 3.05) is 0 Å². The fourth-order valence-corrected chi connectivity index (χ4v) is 15.8. The van der Waals surface area contributed by atoms with E-state index in [2.05, 4.69) is 147 Å². The summed E-state index contributed by atoms with van der Waals surface area (Å²) in [5.41, 5.74) is 17.1. The Bertz CT molecular complexity index is 7510. The summed E-state index contributed by atoms with van der Waals surface area (Å²) in [4.78, 5) is 29.9. The number of nitrogens with zero attached hydrogens (tertiary/aromatic N) is 6. The van der Waals surface area contributed by atoms with E-state index in [9.17, 15) is 0 Å². The fourth-order valence-electron chi connectivity index (χ4n) is 15.4. The van der Waals surface area contributed by atoms with Crippen molar-refractivity contribution < 1.29 is 35.8 Å². The van der Waals surface area contributed by atoms with Gasteiger partial charge in [0.2, 0.25) is 0 Å². The van der Waals surface area contributed by atoms with Gasteiger partial charge in [0.1, 0.15) is 67.0 Å². The molecule has 534 valence electrons. The monoisotopic (exact) mass is 1520 g/mol. The first kappa shape index (κ1) is 66.6. The van der Waals surface area contributed by atoms with Crippen LogP contribution in [-0.2, 0) is 9.31 Å². The van der Waals surface area contributed by atoms with Gasteiger partial charge in [0.25, 0.3) is 0 Å². The molecule has 1 fully saturated rings. The molecule has 0 saturated carbocycles. The summed E-state index contributed by atoms with van der Waals surface area (Å²) in [6.07, 6.45) is 0. The SMILES string of the molecule is Brc1cccc2c1oc1ccccc12.CC1(C)OB(c2cccc3c2oc2ccc(-c4nc(-c5ccccc5)nc(-c5ccc6c(c5)oc5ccccc56)n4)cc23)OC1(C)C.c1ccc(-c2nc(-c3ccc4c(c3)oc3ccccc34)nc(-c3ccc4oc5c(-c6cccc7c6oc6ccccc67)cccc5c4c3)n2)cc1. The highest BCUT2D eigenvalue weighted by molar-refractivity contribution is 9.10. The number of fused-ring (bicyclic) bond motifs is 18. The van der Waals surface area contributed by atoms with Crippen LogP contribution in [0.1, 0.15) is 27.7 Å². The third-order valence-corrected chi connectivity index (χ3v) is 22.3. The van der Waals surface area contributed by atoms with E-state index in [1.165, 1.54) is 5.39 Å². The van der Waals surface area contributed by atoms with Crippen molar-refractivity contribution in [2.45, 2.75) is 38.9 Å². The summed E-state index contributed by atoms with van der Waals surface area (Å²) in [6, 6.07) is 102. The van der Waals surface area contributed by atoms with Crippen LogP contribution in [0.4, 0.5) is 0 Å². The number of rotatable bonds is 8. The molecule has 0 N–H and O–H groups in total. The Morgan fingerprint density at radius 2 is 0.536 bits per heavy atom. The topological polar surface area (TPSA) is 175 Å². The second kappa shape index (κ2) is 26.3. The van der Waals surface area contributed by atoms with E-state index in [1.807, 2.05) is 200 Å². The first-order valence-corrected chi connectivity index (χ1v) is 37.8. The van der Waals surface area contributed by atoms with Crippen molar-refractivity contribution in [2.24, 2.45) is 0 Å². The average molecular weight is 1520 g/mol. The molecule has 1 saturated heterocycles. The van der Waals surface area contributed by atoms with Crippen LogP contribution >= 0.6 is 15.9 Å². The normalized spacial score (nSPS) is 13.5. The maximum atomic E-state index is 6.60. The molecule has 8 aromatic heterocycles. The summed E-state index contributed by atoms with van der Waals surface area (Å²) in [5, 5.41) is 12.7. The second-order valence-corrected chi connectivity index (χ2v) is 29.9. The van der Waals surface area contributed by atoms with Crippen LogP contribution in [0.25, 0.3) is 211 Å². The lowest BCUT2D eigenvalue weighted by atomic mass is 9.78. The zero-order valence-electron chi connectivity index (χ0n) is 60.8. The van der Waals surface area contributed by atoms with Gasteiger partial charge in [-0.2, -0.15) is 0 Å². The summed E-state index contributed by atoms with van der Waals surface area (Å²) in [6.45, 7) is 8.22. The predicted molar refractivity (Wildman–Crippen MR) is 451 cm³/mol. The van der Waals surface area contributed by atoms with Gasteiger partial charge < -0.3 is 35.8 Å². The van der Waals surface area contributed by atoms with Crippen LogP contribution in [0, 0.1) is 0 Å². The lowest BCUT2D eigenvalue weighted by Crippen LogP contribution is -2.41. The molecule has 0 aliphatic carbocycles. The van der Waals surface area contributed by atoms with E-state index in [0.29, 0.717) is 34.9 Å². The van der Waals surface area contributed by atoms with Gasteiger partial charge in [0.05, 0.1) is 15.7 Å². The highest BCUT2D eigenvalue weighted by Gasteiger charge is 2.52. The quantitative estimate of drug-likeness (QED) is 0.131. The van der Waals surface area contributed by atoms with Gasteiger partial charge in [-0.3, -0.25) is 0 Å². The molecule has 0 unspecified atom stereocenters. The summed E-state index contributed by atoms with van der Waals surface area (Å²) >= 11 is 3.48. The van der Waals surface area contributed by atoms with Crippen molar-refractivity contribution in [1.82, 2.24) is 29.9 Å². The first-order valence-electron chi connectivity index (χ1n) is 37.0. The Morgan fingerprint density at radius 3 is 0.991 bits per heavy atom. The minimum absolute atomic E-state index is 0.458. The minimum atomic E-state index is -0.535. The zero-order valence-corrected chi connectivity index (χ0v) is 62.4. The van der Waals surface area contributed by atoms with E-state index in [-0.39, 0.29) is 0 Å². The highest BCUT2D eigenvalue weighted by Crippen LogP contribution is 2.45. The van der Waals surface area contributed by atoms with Crippen molar-refractivity contribution in [3.8, 4) is 79.5 Å². The van der Waals surface area contributed by atoms with Gasteiger partial charge >= 0.3 is 7.12 Å². The molecule has 112 heavy (non-hydrogen) atoms. The van der Waals surface area contributed by atoms with Crippen LogP contribution in [0.15, 0.2) is 334 Å². The molecule has 9 heterocycles. The first-order chi connectivity index (χ1) is 54.8. The molecule has 0 bridgehead atoms. The van der Waals surface area contributed by atoms with E-state index in [4.69, 9.17) is 65.7 Å². The molecule has 0 atom stereocenters. The van der Waals surface area contributed by atoms with Gasteiger partial charge in [-0.15, -0.1) is 0 Å². The summed E-state index contributed by atoms with van der Waals surface area (Å²) in [5.74, 6) is 3.46. The number of para-hydroxylation sites is 8. The van der Waals surface area contributed by atoms with Gasteiger partial charge in [0.15, 0.2) is 34.9 Å². The Hall–Kier alpha value is -13.6. The molecule has 0 spiro atoms. The van der Waals surface area contributed by atoms with E-state index >= 15 is 0 Å². The molecule has 14 nitrogen and oxygen atoms in total. The third kappa shape index (κ3) is 11.4. The standard InChI is InChI=1S/C45H25N3O3.C39H30BN3O4.C12H7BrO/c1-2-10-26(11-3-1)43-46-44(48-45(47-43)28-20-22-31-29-12-4-6-18-37(29)49-40(31)25-28)27-21-23-39-36(24-27)35-17-9-16-34(42(35)51-39)33-15-8-14-32-30-13-5-7-19-38(30)50-41(32)33;1-38(2)39(3,4)47-40(46-38)30-15-10-14-28-29-21-24(18-20-32(29)45-34(28)30)36-41-35(23-11-6-5-7-12-23)42-37(43-36)25-17-19-27-26-13-8-9-16-31(26)44-33(27)22-25;13-10-6-3-5-9-8-4-1-2-7-11(8)14-12(9)10/h1-25H;5-22H,1-4H3;1-7H. The predicted octanol–water partition coefficient (Wildman–Crippen LogP) is 25.6. The summed E-state index contributed by atoms with van der Waals surface area (Å²) < 4.78 is 51.4. The third-order valence-electron chi connectivity index (χ3n) is 21.7. The molecular weight excluding hydrogens is 1460 g/mol. The van der Waals surface area contributed by atoms with Crippen LogP contribution in [-0.4, -0.2) is 48.2 Å². The number of hydrogen-bond donors (Lipinski definition) is 0. The van der Waals surface area contributed by atoms with Crippen molar-refractivity contribution in [3.05, 3.63) is 308 Å². The van der Waals surface area contributed by atoms with E-state index in [1.54, 1.807) is 0 Å². The fraction of sp³-hybridized carbons (Fsp3) is 0.0625. The Morgan fingerprint density at radius 1 is 0.232 bits per heavy atom. The average Bonchev–Trinajstić information content (AvgIpc) is 1.58. The lowest BCUT2D eigenvalue weighted by molar-refractivity contribution is 0.00578. The summed E-state index contributed by atoms with van der Waals surface area (Å²) in [7, 11) is -0.535. The van der Waals surface area contributed by atoms with Crippen LogP contribution in [0.2, 0.25) is 0 Å². The van der Waals surface area contributed by atoms with Crippen LogP contribution in [0.5, 0.6) is 0 Å². The maximum Gasteiger partial charge on any atom is 0.498 e. The van der Waals surface area contributed by atoms with Crippen molar-refractivity contribution >= 4 is 160 Å². The molecule has 22 aromatic rings. The molecule has 16 heteroatoms. The molecule has 1 aliphatic heterocycles. The number of aromatic nitrogens is 6. The number of benzene rings is 14. The Kier molecular flexibility index (Phi) is 15.6. The molecular formula is C96H62BBrN6O8. The molecule has 14 aromatic carbocycles. The molecule has 23 rings (SSSR count). The Balaban J connectivity index is 0.000000121. The van der Waals surface area contributed by atoms with Gasteiger partial charge in [-0.05, 0) is 135 Å². The largest absolute Gasteiger partial charge is 0.498 e. The molecule has 1 aliphatic rings. The zero-order chi connectivity index (χ0) is 74.9. The maximum absolute atomic E-state index is 6.60. The number of furan rings is 6. The highest BCUT2D eigenvalue weighted by atomic mass is 79.9. The van der Waals surface area contributed by atoms with Gasteiger partial charge in [-0.25, -0.2) is 29.9 Å². The van der Waals surface area contributed by atoms with Crippen LogP contribution in [0.3, 0.4) is 0 Å². The van der Waals surface area contributed by atoms with E-state index in [0.717, 1.165) is 181 Å². The van der Waals surface area contributed by atoms with Gasteiger partial charge in [-0.1, -0.05) is 212 Å². The molecule has 0 radical (unpaired) electrons. The number of halogens is 1.